The molecule has 26 heavy (non-hydrogen) atoms. The number of nitro benzene ring substituents is 1. The van der Waals surface area contributed by atoms with E-state index in [1.54, 1.807) is 25.1 Å². The molecular weight excluding hydrogens is 381 g/mol. The Morgan fingerprint density at radius 3 is 2.54 bits per heavy atom. The summed E-state index contributed by atoms with van der Waals surface area (Å²) in [6.45, 7) is 1.49. The van der Waals surface area contributed by atoms with Crippen molar-refractivity contribution in [1.29, 1.82) is 0 Å². The summed E-state index contributed by atoms with van der Waals surface area (Å²) in [6.07, 6.45) is 0. The average Bonchev–Trinajstić information content (AvgIpc) is 2.82. The van der Waals surface area contributed by atoms with Crippen LogP contribution in [0.2, 0.25) is 10.0 Å². The summed E-state index contributed by atoms with van der Waals surface area (Å²) in [4.78, 5) is 36.6. The maximum Gasteiger partial charge on any atom is 0.325 e. The lowest BCUT2D eigenvalue weighted by Gasteiger charge is -2.22. The highest BCUT2D eigenvalue weighted by atomic mass is 35.5. The Morgan fingerprint density at radius 1 is 1.15 bits per heavy atom. The summed E-state index contributed by atoms with van der Waals surface area (Å²) < 4.78 is 0. The zero-order valence-corrected chi connectivity index (χ0v) is 15.0. The zero-order chi connectivity index (χ0) is 19.1. The Bertz CT molecular complexity index is 934. The highest BCUT2D eigenvalue weighted by Gasteiger charge is 2.49. The molecule has 1 saturated heterocycles. The standard InChI is InChI=1S/C17H13Cl2N3O4/c1-17(11-5-6-13(18)14(19)8-11)15(23)21(16(24)20-17)9-10-3-2-4-12(7-10)22(25)26/h2-8H,9H2,1H3,(H,20,24). The van der Waals surface area contributed by atoms with Crippen LogP contribution in [-0.2, 0) is 16.9 Å². The molecule has 0 aromatic heterocycles. The van der Waals surface area contributed by atoms with Crippen molar-refractivity contribution >= 4 is 40.8 Å². The number of hydrogen-bond acceptors (Lipinski definition) is 4. The molecule has 0 spiro atoms. The second-order valence-electron chi connectivity index (χ2n) is 6.00. The average molecular weight is 394 g/mol. The van der Waals surface area contributed by atoms with Crippen molar-refractivity contribution in [2.24, 2.45) is 0 Å². The molecule has 0 bridgehead atoms. The molecule has 2 aromatic rings. The molecule has 9 heteroatoms. The lowest BCUT2D eigenvalue weighted by atomic mass is 9.92. The number of non-ortho nitro benzene ring substituents is 1. The van der Waals surface area contributed by atoms with E-state index in [2.05, 4.69) is 5.32 Å². The summed E-state index contributed by atoms with van der Waals surface area (Å²) in [5, 5.41) is 14.1. The summed E-state index contributed by atoms with van der Waals surface area (Å²) in [6, 6.07) is 9.89. The number of nitro groups is 1. The molecule has 1 atom stereocenters. The molecule has 134 valence electrons. The maximum atomic E-state index is 12.9. The minimum Gasteiger partial charge on any atom is -0.319 e. The molecule has 0 radical (unpaired) electrons. The van der Waals surface area contributed by atoms with Crippen LogP contribution in [-0.4, -0.2) is 21.8 Å². The van der Waals surface area contributed by atoms with E-state index in [4.69, 9.17) is 23.2 Å². The molecule has 1 heterocycles. The summed E-state index contributed by atoms with van der Waals surface area (Å²) in [5.41, 5.74) is -0.443. The fraction of sp³-hybridized carbons (Fsp3) is 0.176. The highest BCUT2D eigenvalue weighted by Crippen LogP contribution is 2.33. The number of hydrogen-bond donors (Lipinski definition) is 1. The van der Waals surface area contributed by atoms with Crippen molar-refractivity contribution in [2.45, 2.75) is 19.0 Å². The summed E-state index contributed by atoms with van der Waals surface area (Å²) in [7, 11) is 0. The molecule has 2 aromatic carbocycles. The number of benzene rings is 2. The number of nitrogens with zero attached hydrogens (tertiary/aromatic N) is 2. The van der Waals surface area contributed by atoms with Gasteiger partial charge in [-0.25, -0.2) is 4.79 Å². The van der Waals surface area contributed by atoms with E-state index in [-0.39, 0.29) is 17.3 Å². The number of imide groups is 1. The number of amides is 3. The van der Waals surface area contributed by atoms with Crippen LogP contribution in [0.25, 0.3) is 0 Å². The normalized spacial score (nSPS) is 19.6. The Balaban J connectivity index is 1.90. The topological polar surface area (TPSA) is 92.6 Å². The van der Waals surface area contributed by atoms with Crippen molar-refractivity contribution in [3.8, 4) is 0 Å². The molecule has 1 fully saturated rings. The quantitative estimate of drug-likeness (QED) is 0.484. The van der Waals surface area contributed by atoms with E-state index in [1.807, 2.05) is 0 Å². The van der Waals surface area contributed by atoms with Crippen LogP contribution in [0.4, 0.5) is 10.5 Å². The van der Waals surface area contributed by atoms with Crippen LogP contribution < -0.4 is 5.32 Å². The van der Waals surface area contributed by atoms with Gasteiger partial charge in [0, 0.05) is 12.1 Å². The first-order valence-electron chi connectivity index (χ1n) is 7.55. The molecule has 3 amide bonds. The predicted molar refractivity (Wildman–Crippen MR) is 96.0 cm³/mol. The monoisotopic (exact) mass is 393 g/mol. The summed E-state index contributed by atoms with van der Waals surface area (Å²) in [5.74, 6) is -0.479. The highest BCUT2D eigenvalue weighted by molar-refractivity contribution is 6.42. The molecule has 1 N–H and O–H groups in total. The van der Waals surface area contributed by atoms with Gasteiger partial charge in [-0.1, -0.05) is 41.4 Å². The molecule has 3 rings (SSSR count). The van der Waals surface area contributed by atoms with Crippen LogP contribution in [0.3, 0.4) is 0 Å². The number of urea groups is 1. The lowest BCUT2D eigenvalue weighted by Crippen LogP contribution is -2.40. The fourth-order valence-electron chi connectivity index (χ4n) is 2.79. The molecule has 7 nitrogen and oxygen atoms in total. The van der Waals surface area contributed by atoms with Crippen molar-refractivity contribution in [2.75, 3.05) is 0 Å². The second-order valence-corrected chi connectivity index (χ2v) is 6.82. The van der Waals surface area contributed by atoms with E-state index in [0.717, 1.165) is 4.90 Å². The molecular formula is C17H13Cl2N3O4. The van der Waals surface area contributed by atoms with Crippen molar-refractivity contribution in [3.05, 3.63) is 73.8 Å². The van der Waals surface area contributed by atoms with Crippen LogP contribution >= 0.6 is 23.2 Å². The first-order chi connectivity index (χ1) is 12.2. The van der Waals surface area contributed by atoms with Crippen molar-refractivity contribution in [1.82, 2.24) is 10.2 Å². The molecule has 1 aliphatic rings. The number of nitrogens with one attached hydrogen (secondary N) is 1. The van der Waals surface area contributed by atoms with Gasteiger partial charge in [-0.3, -0.25) is 19.8 Å². The minimum atomic E-state index is -1.30. The number of halogens is 2. The second kappa shape index (κ2) is 6.59. The predicted octanol–water partition coefficient (Wildman–Crippen LogP) is 3.87. The molecule has 0 saturated carbocycles. The largest absolute Gasteiger partial charge is 0.325 e. The Morgan fingerprint density at radius 2 is 1.88 bits per heavy atom. The SMILES string of the molecule is CC1(c2ccc(Cl)c(Cl)c2)NC(=O)N(Cc2cccc([N+](=O)[O-])c2)C1=O. The smallest absolute Gasteiger partial charge is 0.319 e. The van der Waals surface area contributed by atoms with E-state index < -0.39 is 22.4 Å². The van der Waals surface area contributed by atoms with E-state index in [9.17, 15) is 19.7 Å². The van der Waals surface area contributed by atoms with Gasteiger partial charge in [0.2, 0.25) is 0 Å². The Hall–Kier alpha value is -2.64. The van der Waals surface area contributed by atoms with Crippen LogP contribution in [0.5, 0.6) is 0 Å². The zero-order valence-electron chi connectivity index (χ0n) is 13.5. The number of carbonyl (C=O) groups excluding carboxylic acids is 2. The lowest BCUT2D eigenvalue weighted by molar-refractivity contribution is -0.384. The fourth-order valence-corrected chi connectivity index (χ4v) is 3.09. The van der Waals surface area contributed by atoms with Gasteiger partial charge in [0.15, 0.2) is 0 Å². The van der Waals surface area contributed by atoms with Gasteiger partial charge in [0.05, 0.1) is 21.5 Å². The van der Waals surface area contributed by atoms with Gasteiger partial charge in [-0.15, -0.1) is 0 Å². The van der Waals surface area contributed by atoms with Crippen LogP contribution in [0.15, 0.2) is 42.5 Å². The number of rotatable bonds is 4. The third kappa shape index (κ3) is 3.11. The van der Waals surface area contributed by atoms with Crippen LogP contribution in [0.1, 0.15) is 18.1 Å². The van der Waals surface area contributed by atoms with Crippen molar-refractivity contribution < 1.29 is 14.5 Å². The molecule has 0 aliphatic carbocycles. The van der Waals surface area contributed by atoms with Crippen LogP contribution in [0, 0.1) is 10.1 Å². The first-order valence-corrected chi connectivity index (χ1v) is 8.31. The van der Waals surface area contributed by atoms with Gasteiger partial charge in [-0.05, 0) is 30.2 Å². The minimum absolute atomic E-state index is 0.0801. The maximum absolute atomic E-state index is 12.9. The van der Waals surface area contributed by atoms with Gasteiger partial charge >= 0.3 is 6.03 Å². The van der Waals surface area contributed by atoms with Gasteiger partial charge in [-0.2, -0.15) is 0 Å². The van der Waals surface area contributed by atoms with Crippen molar-refractivity contribution in [3.63, 3.8) is 0 Å². The molecule has 1 aliphatic heterocycles. The third-order valence-electron chi connectivity index (χ3n) is 4.23. The first kappa shape index (κ1) is 18.2. The van der Waals surface area contributed by atoms with E-state index in [1.165, 1.54) is 24.3 Å². The van der Waals surface area contributed by atoms with Gasteiger partial charge in [0.25, 0.3) is 11.6 Å². The van der Waals surface area contributed by atoms with Gasteiger partial charge < -0.3 is 5.32 Å². The van der Waals surface area contributed by atoms with E-state index >= 15 is 0 Å². The van der Waals surface area contributed by atoms with Gasteiger partial charge in [0.1, 0.15) is 5.54 Å². The Kier molecular flexibility index (Phi) is 4.60. The third-order valence-corrected chi connectivity index (χ3v) is 4.97. The molecule has 1 unspecified atom stereocenters. The Labute approximate surface area is 158 Å². The van der Waals surface area contributed by atoms with E-state index in [0.29, 0.717) is 16.1 Å². The number of carbonyl (C=O) groups is 2. The summed E-state index contributed by atoms with van der Waals surface area (Å²) >= 11 is 11.9.